The molecule has 1 saturated heterocycles. The van der Waals surface area contributed by atoms with Crippen LogP contribution in [0.4, 0.5) is 0 Å². The van der Waals surface area contributed by atoms with Crippen molar-refractivity contribution in [3.05, 3.63) is 0 Å². The topological polar surface area (TPSA) is 38.7 Å². The first kappa shape index (κ1) is 7.98. The SMILES string of the molecule is OCCO[C@H]1CCCOC1. The van der Waals surface area contributed by atoms with Crippen molar-refractivity contribution in [3.63, 3.8) is 0 Å². The second-order valence-corrected chi connectivity index (χ2v) is 2.43. The smallest absolute Gasteiger partial charge is 0.0810 e. The molecule has 0 saturated carbocycles. The Balaban J connectivity index is 2.02. The highest BCUT2D eigenvalue weighted by molar-refractivity contribution is 4.61. The van der Waals surface area contributed by atoms with Crippen LogP contribution in [0.3, 0.4) is 0 Å². The lowest BCUT2D eigenvalue weighted by Gasteiger charge is -2.21. The molecule has 60 valence electrons. The van der Waals surface area contributed by atoms with E-state index in [-0.39, 0.29) is 12.7 Å². The van der Waals surface area contributed by atoms with Crippen molar-refractivity contribution in [2.24, 2.45) is 0 Å². The maximum absolute atomic E-state index is 8.43. The lowest BCUT2D eigenvalue weighted by molar-refractivity contribution is -0.0577. The summed E-state index contributed by atoms with van der Waals surface area (Å²) in [4.78, 5) is 0. The fourth-order valence-corrected chi connectivity index (χ4v) is 1.06. The summed E-state index contributed by atoms with van der Waals surface area (Å²) in [6.45, 7) is 2.10. The Morgan fingerprint density at radius 3 is 3.10 bits per heavy atom. The number of hydrogen-bond donors (Lipinski definition) is 1. The van der Waals surface area contributed by atoms with E-state index in [1.54, 1.807) is 0 Å². The number of rotatable bonds is 3. The van der Waals surface area contributed by atoms with E-state index in [0.29, 0.717) is 13.2 Å². The first-order chi connectivity index (χ1) is 4.93. The van der Waals surface area contributed by atoms with Crippen LogP contribution in [0, 0.1) is 0 Å². The van der Waals surface area contributed by atoms with E-state index in [4.69, 9.17) is 14.6 Å². The Morgan fingerprint density at radius 2 is 2.50 bits per heavy atom. The molecule has 0 amide bonds. The molecule has 10 heavy (non-hydrogen) atoms. The fraction of sp³-hybridized carbons (Fsp3) is 1.00. The van der Waals surface area contributed by atoms with E-state index in [9.17, 15) is 0 Å². The Labute approximate surface area is 60.9 Å². The Kier molecular flexibility index (Phi) is 3.72. The van der Waals surface area contributed by atoms with E-state index in [0.717, 1.165) is 19.4 Å². The van der Waals surface area contributed by atoms with Crippen molar-refractivity contribution >= 4 is 0 Å². The largest absolute Gasteiger partial charge is 0.394 e. The second kappa shape index (κ2) is 4.66. The van der Waals surface area contributed by atoms with Gasteiger partial charge in [-0.05, 0) is 12.8 Å². The monoisotopic (exact) mass is 146 g/mol. The van der Waals surface area contributed by atoms with Crippen molar-refractivity contribution in [2.45, 2.75) is 18.9 Å². The molecule has 0 spiro atoms. The average Bonchev–Trinajstić information content (AvgIpc) is 2.03. The van der Waals surface area contributed by atoms with Crippen LogP contribution in [0.1, 0.15) is 12.8 Å². The van der Waals surface area contributed by atoms with Gasteiger partial charge in [0.05, 0.1) is 25.9 Å². The maximum atomic E-state index is 8.43. The minimum Gasteiger partial charge on any atom is -0.394 e. The molecule has 1 aliphatic rings. The molecule has 1 fully saturated rings. The predicted octanol–water partition coefficient (Wildman–Crippen LogP) is 0.174. The molecule has 0 bridgehead atoms. The van der Waals surface area contributed by atoms with Crippen molar-refractivity contribution in [1.82, 2.24) is 0 Å². The molecule has 0 aromatic carbocycles. The lowest BCUT2D eigenvalue weighted by atomic mass is 10.2. The Hall–Kier alpha value is -0.120. The van der Waals surface area contributed by atoms with Gasteiger partial charge < -0.3 is 14.6 Å². The molecule has 1 atom stereocenters. The quantitative estimate of drug-likeness (QED) is 0.617. The highest BCUT2D eigenvalue weighted by Gasteiger charge is 2.12. The zero-order chi connectivity index (χ0) is 7.23. The lowest BCUT2D eigenvalue weighted by Crippen LogP contribution is -2.26. The van der Waals surface area contributed by atoms with Crippen molar-refractivity contribution in [3.8, 4) is 0 Å². The van der Waals surface area contributed by atoms with Gasteiger partial charge in [-0.15, -0.1) is 0 Å². The van der Waals surface area contributed by atoms with Crippen molar-refractivity contribution in [1.29, 1.82) is 0 Å². The van der Waals surface area contributed by atoms with Crippen LogP contribution in [0.25, 0.3) is 0 Å². The van der Waals surface area contributed by atoms with E-state index < -0.39 is 0 Å². The summed E-state index contributed by atoms with van der Waals surface area (Å²) in [6.07, 6.45) is 2.37. The van der Waals surface area contributed by atoms with Gasteiger partial charge in [-0.3, -0.25) is 0 Å². The van der Waals surface area contributed by atoms with Gasteiger partial charge >= 0.3 is 0 Å². The summed E-state index contributed by atoms with van der Waals surface area (Å²) < 4.78 is 10.4. The minimum atomic E-state index is 0.108. The third-order valence-corrected chi connectivity index (χ3v) is 1.56. The van der Waals surface area contributed by atoms with Crippen molar-refractivity contribution < 1.29 is 14.6 Å². The van der Waals surface area contributed by atoms with Gasteiger partial charge in [0.15, 0.2) is 0 Å². The first-order valence-corrected chi connectivity index (χ1v) is 3.73. The van der Waals surface area contributed by atoms with Crippen LogP contribution in [-0.4, -0.2) is 37.6 Å². The zero-order valence-corrected chi connectivity index (χ0v) is 6.08. The number of ether oxygens (including phenoxy) is 2. The molecule has 3 heteroatoms. The summed E-state index contributed by atoms with van der Waals surface area (Å²) in [5.74, 6) is 0. The first-order valence-electron chi connectivity index (χ1n) is 3.73. The summed E-state index contributed by atoms with van der Waals surface area (Å²) in [5, 5.41) is 8.43. The third kappa shape index (κ3) is 2.64. The van der Waals surface area contributed by atoms with Gasteiger partial charge in [0, 0.05) is 6.61 Å². The Bertz CT molecular complexity index is 78.9. The molecular formula is C7H14O3. The highest BCUT2D eigenvalue weighted by atomic mass is 16.5. The van der Waals surface area contributed by atoms with Crippen LogP contribution in [-0.2, 0) is 9.47 Å². The van der Waals surface area contributed by atoms with E-state index in [2.05, 4.69) is 0 Å². The molecular weight excluding hydrogens is 132 g/mol. The number of aliphatic hydroxyl groups is 1. The molecule has 0 aromatic heterocycles. The van der Waals surface area contributed by atoms with E-state index >= 15 is 0 Å². The molecule has 0 radical (unpaired) electrons. The predicted molar refractivity (Wildman–Crippen MR) is 36.9 cm³/mol. The van der Waals surface area contributed by atoms with Gasteiger partial charge in [0.2, 0.25) is 0 Å². The van der Waals surface area contributed by atoms with Gasteiger partial charge in [0.1, 0.15) is 0 Å². The standard InChI is InChI=1S/C7H14O3/c8-3-5-10-7-2-1-4-9-6-7/h7-8H,1-6H2/t7-/m0/s1. The summed E-state index contributed by atoms with van der Waals surface area (Å²) in [6, 6.07) is 0. The van der Waals surface area contributed by atoms with Crippen molar-refractivity contribution in [2.75, 3.05) is 26.4 Å². The average molecular weight is 146 g/mol. The number of aliphatic hydroxyl groups excluding tert-OH is 1. The molecule has 1 heterocycles. The molecule has 0 unspecified atom stereocenters. The fourth-order valence-electron chi connectivity index (χ4n) is 1.06. The maximum Gasteiger partial charge on any atom is 0.0810 e. The Morgan fingerprint density at radius 1 is 1.60 bits per heavy atom. The van der Waals surface area contributed by atoms with Gasteiger partial charge in [0.25, 0.3) is 0 Å². The van der Waals surface area contributed by atoms with Crippen LogP contribution in [0.5, 0.6) is 0 Å². The molecule has 0 aliphatic carbocycles. The molecule has 1 N–H and O–H groups in total. The molecule has 3 nitrogen and oxygen atoms in total. The minimum absolute atomic E-state index is 0.108. The summed E-state index contributed by atoms with van der Waals surface area (Å²) in [5.41, 5.74) is 0. The second-order valence-electron chi connectivity index (χ2n) is 2.43. The molecule has 1 aliphatic heterocycles. The zero-order valence-electron chi connectivity index (χ0n) is 6.08. The van der Waals surface area contributed by atoms with E-state index in [1.165, 1.54) is 0 Å². The van der Waals surface area contributed by atoms with Crippen LogP contribution < -0.4 is 0 Å². The normalized spacial score (nSPS) is 26.7. The molecule has 0 aromatic rings. The van der Waals surface area contributed by atoms with Gasteiger partial charge in [-0.1, -0.05) is 0 Å². The summed E-state index contributed by atoms with van der Waals surface area (Å²) >= 11 is 0. The number of hydrogen-bond acceptors (Lipinski definition) is 3. The third-order valence-electron chi connectivity index (χ3n) is 1.56. The van der Waals surface area contributed by atoms with Crippen LogP contribution >= 0.6 is 0 Å². The van der Waals surface area contributed by atoms with Gasteiger partial charge in [-0.25, -0.2) is 0 Å². The summed E-state index contributed by atoms with van der Waals surface area (Å²) in [7, 11) is 0. The molecule has 1 rings (SSSR count). The van der Waals surface area contributed by atoms with Crippen LogP contribution in [0.15, 0.2) is 0 Å². The van der Waals surface area contributed by atoms with E-state index in [1.807, 2.05) is 0 Å². The van der Waals surface area contributed by atoms with Crippen LogP contribution in [0.2, 0.25) is 0 Å². The van der Waals surface area contributed by atoms with Gasteiger partial charge in [-0.2, -0.15) is 0 Å². The highest BCUT2D eigenvalue weighted by Crippen LogP contribution is 2.08.